The minimum absolute atomic E-state index is 0.263. The molecule has 0 aromatic carbocycles. The predicted octanol–water partition coefficient (Wildman–Crippen LogP) is 1.46. The van der Waals surface area contributed by atoms with Crippen LogP contribution in [0.5, 0.6) is 0 Å². The monoisotopic (exact) mass is 216 g/mol. The van der Waals surface area contributed by atoms with E-state index in [1.807, 2.05) is 0 Å². The van der Waals surface area contributed by atoms with E-state index in [-0.39, 0.29) is 5.41 Å². The Morgan fingerprint density at radius 1 is 1.13 bits per heavy atom. The molecule has 0 aromatic heterocycles. The average molecular weight is 216 g/mol. The molecule has 0 fully saturated rings. The molecule has 3 N–H and O–H groups in total. The van der Waals surface area contributed by atoms with Crippen molar-refractivity contribution in [1.82, 2.24) is 4.90 Å². The van der Waals surface area contributed by atoms with Crippen molar-refractivity contribution in [3.8, 4) is 0 Å². The summed E-state index contributed by atoms with van der Waals surface area (Å²) in [5, 5.41) is 8.65. The third-order valence-electron chi connectivity index (χ3n) is 2.92. The first kappa shape index (κ1) is 14.9. The van der Waals surface area contributed by atoms with Crippen LogP contribution in [0.4, 0.5) is 0 Å². The highest BCUT2D eigenvalue weighted by Gasteiger charge is 2.15. The largest absolute Gasteiger partial charge is 0.396 e. The average Bonchev–Trinajstić information content (AvgIpc) is 2.22. The Hall–Kier alpha value is -0.120. The van der Waals surface area contributed by atoms with Gasteiger partial charge in [-0.1, -0.05) is 13.8 Å². The summed E-state index contributed by atoms with van der Waals surface area (Å²) < 4.78 is 0. The first-order valence-electron chi connectivity index (χ1n) is 6.01. The van der Waals surface area contributed by atoms with Gasteiger partial charge in [-0.3, -0.25) is 0 Å². The van der Waals surface area contributed by atoms with Gasteiger partial charge in [0.15, 0.2) is 0 Å². The van der Waals surface area contributed by atoms with Crippen LogP contribution < -0.4 is 5.73 Å². The molecular weight excluding hydrogens is 188 g/mol. The van der Waals surface area contributed by atoms with Gasteiger partial charge in [0.05, 0.1) is 0 Å². The highest BCUT2D eigenvalue weighted by molar-refractivity contribution is 4.70. The smallest absolute Gasteiger partial charge is 0.0431 e. The normalized spacial score (nSPS) is 12.4. The topological polar surface area (TPSA) is 49.5 Å². The number of nitrogens with two attached hydrogens (primary N) is 1. The van der Waals surface area contributed by atoms with Crippen LogP contribution in [0, 0.1) is 5.41 Å². The van der Waals surface area contributed by atoms with Crippen LogP contribution in [0.3, 0.4) is 0 Å². The zero-order valence-electron chi connectivity index (χ0n) is 10.6. The second-order valence-corrected chi connectivity index (χ2v) is 5.21. The molecule has 0 unspecified atom stereocenters. The summed E-state index contributed by atoms with van der Waals surface area (Å²) in [6.07, 6.45) is 4.39. The van der Waals surface area contributed by atoms with Crippen LogP contribution >= 0.6 is 0 Å². The van der Waals surface area contributed by atoms with Crippen LogP contribution in [0.25, 0.3) is 0 Å². The van der Waals surface area contributed by atoms with Crippen molar-refractivity contribution in [2.75, 3.05) is 33.3 Å². The standard InChI is InChI=1S/C12H28N2O/c1-12(2,11-13)7-9-14(3)8-5-4-6-10-15/h15H,4-11,13H2,1-3H3. The Morgan fingerprint density at radius 3 is 2.33 bits per heavy atom. The second kappa shape index (κ2) is 8.08. The molecule has 0 rings (SSSR count). The van der Waals surface area contributed by atoms with Gasteiger partial charge in [0.2, 0.25) is 0 Å². The van der Waals surface area contributed by atoms with Gasteiger partial charge in [0, 0.05) is 6.61 Å². The number of hydrogen-bond donors (Lipinski definition) is 2. The lowest BCUT2D eigenvalue weighted by Gasteiger charge is -2.26. The van der Waals surface area contributed by atoms with Gasteiger partial charge in [-0.2, -0.15) is 0 Å². The van der Waals surface area contributed by atoms with Crippen LogP contribution in [0.1, 0.15) is 39.5 Å². The van der Waals surface area contributed by atoms with Gasteiger partial charge in [0.1, 0.15) is 0 Å². The molecule has 0 aliphatic rings. The fraction of sp³-hybridized carbons (Fsp3) is 1.00. The molecule has 0 bridgehead atoms. The zero-order chi connectivity index (χ0) is 11.7. The zero-order valence-corrected chi connectivity index (χ0v) is 10.6. The molecule has 0 saturated carbocycles. The summed E-state index contributed by atoms with van der Waals surface area (Å²) >= 11 is 0. The molecule has 0 aromatic rings. The Labute approximate surface area is 94.6 Å². The quantitative estimate of drug-likeness (QED) is 0.574. The van der Waals surface area contributed by atoms with Crippen molar-refractivity contribution in [3.05, 3.63) is 0 Å². The summed E-state index contributed by atoms with van der Waals surface area (Å²) in [7, 11) is 2.16. The molecule has 0 atom stereocenters. The molecule has 15 heavy (non-hydrogen) atoms. The number of rotatable bonds is 9. The molecule has 0 amide bonds. The molecule has 0 spiro atoms. The van der Waals surface area contributed by atoms with E-state index in [1.54, 1.807) is 0 Å². The van der Waals surface area contributed by atoms with E-state index in [2.05, 4.69) is 25.8 Å². The van der Waals surface area contributed by atoms with Gasteiger partial charge in [-0.05, 0) is 57.8 Å². The Morgan fingerprint density at radius 2 is 1.80 bits per heavy atom. The van der Waals surface area contributed by atoms with Crippen molar-refractivity contribution < 1.29 is 5.11 Å². The number of nitrogens with zero attached hydrogens (tertiary/aromatic N) is 1. The Kier molecular flexibility index (Phi) is 8.02. The van der Waals surface area contributed by atoms with Gasteiger partial charge in [-0.15, -0.1) is 0 Å². The summed E-state index contributed by atoms with van der Waals surface area (Å²) in [6, 6.07) is 0. The molecule has 0 saturated heterocycles. The van der Waals surface area contributed by atoms with Crippen molar-refractivity contribution in [1.29, 1.82) is 0 Å². The van der Waals surface area contributed by atoms with E-state index in [0.29, 0.717) is 6.61 Å². The second-order valence-electron chi connectivity index (χ2n) is 5.21. The third kappa shape index (κ3) is 8.85. The summed E-state index contributed by atoms with van der Waals surface area (Å²) in [4.78, 5) is 2.36. The van der Waals surface area contributed by atoms with E-state index >= 15 is 0 Å². The van der Waals surface area contributed by atoms with Crippen molar-refractivity contribution in [2.45, 2.75) is 39.5 Å². The summed E-state index contributed by atoms with van der Waals surface area (Å²) in [6.45, 7) is 7.75. The minimum Gasteiger partial charge on any atom is -0.396 e. The molecular formula is C12H28N2O. The Bertz CT molecular complexity index is 149. The molecule has 0 aliphatic carbocycles. The number of hydrogen-bond acceptors (Lipinski definition) is 3. The highest BCUT2D eigenvalue weighted by Crippen LogP contribution is 2.18. The highest BCUT2D eigenvalue weighted by atomic mass is 16.2. The van der Waals surface area contributed by atoms with Crippen molar-refractivity contribution in [2.24, 2.45) is 11.1 Å². The fourth-order valence-corrected chi connectivity index (χ4v) is 1.38. The van der Waals surface area contributed by atoms with Crippen LogP contribution in [-0.4, -0.2) is 43.3 Å². The predicted molar refractivity (Wildman–Crippen MR) is 65.9 cm³/mol. The lowest BCUT2D eigenvalue weighted by atomic mass is 9.89. The summed E-state index contributed by atoms with van der Waals surface area (Å²) in [5.74, 6) is 0. The number of aliphatic hydroxyl groups is 1. The van der Waals surface area contributed by atoms with E-state index < -0.39 is 0 Å². The van der Waals surface area contributed by atoms with Crippen LogP contribution in [0.2, 0.25) is 0 Å². The van der Waals surface area contributed by atoms with Crippen molar-refractivity contribution in [3.63, 3.8) is 0 Å². The van der Waals surface area contributed by atoms with E-state index in [9.17, 15) is 0 Å². The van der Waals surface area contributed by atoms with E-state index in [1.165, 1.54) is 6.42 Å². The maximum atomic E-state index is 8.65. The lowest BCUT2D eigenvalue weighted by molar-refractivity contribution is 0.244. The van der Waals surface area contributed by atoms with Gasteiger partial charge >= 0.3 is 0 Å². The molecule has 92 valence electrons. The van der Waals surface area contributed by atoms with Crippen molar-refractivity contribution >= 4 is 0 Å². The summed E-state index contributed by atoms with van der Waals surface area (Å²) in [5.41, 5.74) is 5.95. The first-order valence-corrected chi connectivity index (χ1v) is 6.01. The SMILES string of the molecule is CN(CCCCCO)CCC(C)(C)CN. The number of aliphatic hydroxyl groups excluding tert-OH is 1. The molecule has 0 heterocycles. The van der Waals surface area contributed by atoms with Crippen LogP contribution in [-0.2, 0) is 0 Å². The van der Waals surface area contributed by atoms with Crippen LogP contribution in [0.15, 0.2) is 0 Å². The third-order valence-corrected chi connectivity index (χ3v) is 2.92. The maximum absolute atomic E-state index is 8.65. The maximum Gasteiger partial charge on any atom is 0.0431 e. The van der Waals surface area contributed by atoms with E-state index in [4.69, 9.17) is 10.8 Å². The van der Waals surface area contributed by atoms with Gasteiger partial charge in [-0.25, -0.2) is 0 Å². The molecule has 3 nitrogen and oxygen atoms in total. The Balaban J connectivity index is 3.44. The van der Waals surface area contributed by atoms with Gasteiger partial charge < -0.3 is 15.7 Å². The number of unbranched alkanes of at least 4 members (excludes halogenated alkanes) is 2. The fourth-order valence-electron chi connectivity index (χ4n) is 1.38. The van der Waals surface area contributed by atoms with Gasteiger partial charge in [0.25, 0.3) is 0 Å². The molecule has 0 radical (unpaired) electrons. The lowest BCUT2D eigenvalue weighted by Crippen LogP contribution is -2.30. The minimum atomic E-state index is 0.263. The molecule has 3 heteroatoms. The molecule has 0 aliphatic heterocycles. The first-order chi connectivity index (χ1) is 7.02. The van der Waals surface area contributed by atoms with E-state index in [0.717, 1.165) is 38.9 Å².